The highest BCUT2D eigenvalue weighted by Crippen LogP contribution is 2.27. The van der Waals surface area contributed by atoms with Gasteiger partial charge in [0.25, 0.3) is 0 Å². The fourth-order valence-corrected chi connectivity index (χ4v) is 2.76. The number of nitrogens with zero attached hydrogens (tertiary/aromatic N) is 3. The van der Waals surface area contributed by atoms with Crippen LogP contribution in [0.15, 0.2) is 36.7 Å². The molecule has 1 fully saturated rings. The number of ether oxygens (including phenoxy) is 1. The molecule has 1 saturated heterocycles. The molecule has 1 aromatic heterocycles. The Bertz CT molecular complexity index is 760. The molecule has 2 aromatic rings. The SMILES string of the molecule is O=C(ON1CCC(Oc2ccc(Cl)c(-n3cccn3)c2)CC1)C(F)(F)F. The highest BCUT2D eigenvalue weighted by molar-refractivity contribution is 6.32. The van der Waals surface area contributed by atoms with Crippen molar-refractivity contribution >= 4 is 17.6 Å². The number of halogens is 4. The molecule has 0 spiro atoms. The van der Waals surface area contributed by atoms with Crippen LogP contribution in [-0.2, 0) is 9.63 Å². The van der Waals surface area contributed by atoms with Gasteiger partial charge < -0.3 is 9.57 Å². The van der Waals surface area contributed by atoms with E-state index in [9.17, 15) is 18.0 Å². The Hall–Kier alpha value is -2.26. The van der Waals surface area contributed by atoms with Crippen LogP contribution in [0, 0.1) is 0 Å². The van der Waals surface area contributed by atoms with Gasteiger partial charge in [0.2, 0.25) is 0 Å². The predicted octanol–water partition coefficient (Wildman–Crippen LogP) is 3.39. The second-order valence-corrected chi connectivity index (χ2v) is 6.09. The van der Waals surface area contributed by atoms with Gasteiger partial charge in [-0.1, -0.05) is 11.6 Å². The van der Waals surface area contributed by atoms with Crippen LogP contribution in [0.4, 0.5) is 13.2 Å². The Morgan fingerprint density at radius 2 is 2.00 bits per heavy atom. The van der Waals surface area contributed by atoms with Crippen LogP contribution in [0.3, 0.4) is 0 Å². The van der Waals surface area contributed by atoms with Crippen LogP contribution in [0.2, 0.25) is 5.02 Å². The largest absolute Gasteiger partial charge is 0.492 e. The Morgan fingerprint density at radius 3 is 2.62 bits per heavy atom. The number of carbonyl (C=O) groups is 1. The van der Waals surface area contributed by atoms with E-state index in [1.807, 2.05) is 0 Å². The van der Waals surface area contributed by atoms with E-state index in [0.717, 1.165) is 5.06 Å². The third kappa shape index (κ3) is 4.47. The summed E-state index contributed by atoms with van der Waals surface area (Å²) in [6.07, 6.45) is -0.988. The van der Waals surface area contributed by atoms with Crippen LogP contribution >= 0.6 is 11.6 Å². The summed E-state index contributed by atoms with van der Waals surface area (Å²) in [6.45, 7) is 0.318. The van der Waals surface area contributed by atoms with Crippen LogP contribution in [-0.4, -0.2) is 46.2 Å². The van der Waals surface area contributed by atoms with E-state index in [0.29, 0.717) is 29.3 Å². The van der Waals surface area contributed by atoms with Crippen molar-refractivity contribution in [3.8, 4) is 11.4 Å². The first-order valence-electron chi connectivity index (χ1n) is 7.83. The molecule has 2 heterocycles. The van der Waals surface area contributed by atoms with E-state index in [1.54, 1.807) is 41.3 Å². The van der Waals surface area contributed by atoms with Crippen molar-refractivity contribution in [2.24, 2.45) is 0 Å². The Balaban J connectivity index is 1.57. The number of hydroxylamine groups is 2. The molecule has 1 aliphatic heterocycles. The minimum atomic E-state index is -5.00. The normalized spacial score (nSPS) is 16.5. The predicted molar refractivity (Wildman–Crippen MR) is 85.9 cm³/mol. The molecule has 0 radical (unpaired) electrons. The molecular weight excluding hydrogens is 375 g/mol. The van der Waals surface area contributed by atoms with Crippen molar-refractivity contribution in [1.29, 1.82) is 0 Å². The average molecular weight is 390 g/mol. The lowest BCUT2D eigenvalue weighted by molar-refractivity contribution is -0.243. The highest BCUT2D eigenvalue weighted by atomic mass is 35.5. The zero-order chi connectivity index (χ0) is 18.7. The fourth-order valence-electron chi connectivity index (χ4n) is 2.56. The molecule has 10 heteroatoms. The van der Waals surface area contributed by atoms with Crippen molar-refractivity contribution in [2.45, 2.75) is 25.1 Å². The first-order valence-corrected chi connectivity index (χ1v) is 8.21. The van der Waals surface area contributed by atoms with Gasteiger partial charge in [0.05, 0.1) is 10.7 Å². The van der Waals surface area contributed by atoms with Crippen molar-refractivity contribution in [2.75, 3.05) is 13.1 Å². The third-order valence-electron chi connectivity index (χ3n) is 3.82. The summed E-state index contributed by atoms with van der Waals surface area (Å²) in [4.78, 5) is 15.2. The molecule has 0 amide bonds. The smallest absolute Gasteiger partial charge is 0.490 e. The van der Waals surface area contributed by atoms with Crippen molar-refractivity contribution in [3.63, 3.8) is 0 Å². The molecule has 1 aromatic carbocycles. The van der Waals surface area contributed by atoms with Gasteiger partial charge in [0.1, 0.15) is 11.9 Å². The van der Waals surface area contributed by atoms with Gasteiger partial charge in [-0.15, -0.1) is 5.06 Å². The first-order chi connectivity index (χ1) is 12.3. The first kappa shape index (κ1) is 18.5. The van der Waals surface area contributed by atoms with Gasteiger partial charge in [0.15, 0.2) is 0 Å². The average Bonchev–Trinajstić information content (AvgIpc) is 3.12. The highest BCUT2D eigenvalue weighted by Gasteiger charge is 2.43. The van der Waals surface area contributed by atoms with Gasteiger partial charge in [-0.2, -0.15) is 18.3 Å². The van der Waals surface area contributed by atoms with Crippen LogP contribution in [0.5, 0.6) is 5.75 Å². The second-order valence-electron chi connectivity index (χ2n) is 5.69. The molecule has 0 saturated carbocycles. The minimum absolute atomic E-state index is 0.159. The zero-order valence-electron chi connectivity index (χ0n) is 13.4. The summed E-state index contributed by atoms with van der Waals surface area (Å²) in [5.74, 6) is -1.64. The van der Waals surface area contributed by atoms with Gasteiger partial charge in [-0.05, 0) is 18.2 Å². The lowest BCUT2D eigenvalue weighted by atomic mass is 10.1. The summed E-state index contributed by atoms with van der Waals surface area (Å²) in [5, 5.41) is 5.64. The number of carbonyl (C=O) groups excluding carboxylic acids is 1. The molecule has 6 nitrogen and oxygen atoms in total. The number of hydrogen-bond donors (Lipinski definition) is 0. The fraction of sp³-hybridized carbons (Fsp3) is 0.375. The molecular formula is C16H15ClF3N3O3. The number of hydrogen-bond acceptors (Lipinski definition) is 5. The lowest BCUT2D eigenvalue weighted by Gasteiger charge is -2.30. The van der Waals surface area contributed by atoms with Crippen LogP contribution in [0.25, 0.3) is 5.69 Å². The maximum atomic E-state index is 12.2. The topological polar surface area (TPSA) is 56.6 Å². The number of aromatic nitrogens is 2. The molecule has 0 bridgehead atoms. The Labute approximate surface area is 152 Å². The van der Waals surface area contributed by atoms with Crippen molar-refractivity contribution in [1.82, 2.24) is 14.8 Å². The monoisotopic (exact) mass is 389 g/mol. The molecule has 3 rings (SSSR count). The number of rotatable bonds is 4. The number of piperidine rings is 1. The van der Waals surface area contributed by atoms with E-state index in [1.165, 1.54) is 0 Å². The minimum Gasteiger partial charge on any atom is -0.490 e. The molecule has 0 atom stereocenters. The maximum Gasteiger partial charge on any atom is 0.492 e. The Morgan fingerprint density at radius 1 is 1.27 bits per heavy atom. The maximum absolute atomic E-state index is 12.2. The quantitative estimate of drug-likeness (QED) is 0.802. The molecule has 1 aliphatic rings. The Kier molecular flexibility index (Phi) is 5.38. The summed E-state index contributed by atoms with van der Waals surface area (Å²) in [7, 11) is 0. The standard InChI is InChI=1S/C16H15ClF3N3O3/c17-13-3-2-12(10-14(13)23-7-1-6-21-23)25-11-4-8-22(9-5-11)26-15(24)16(18,19)20/h1-3,6-7,10-11H,4-5,8-9H2. The molecule has 0 N–H and O–H groups in total. The lowest BCUT2D eigenvalue weighted by Crippen LogP contribution is -2.42. The third-order valence-corrected chi connectivity index (χ3v) is 4.14. The van der Waals surface area contributed by atoms with E-state index in [2.05, 4.69) is 9.94 Å². The number of benzene rings is 1. The van der Waals surface area contributed by atoms with Gasteiger partial charge in [0, 0.05) is 44.4 Å². The van der Waals surface area contributed by atoms with Crippen molar-refractivity contribution in [3.05, 3.63) is 41.7 Å². The summed E-state index contributed by atoms with van der Waals surface area (Å²) < 4.78 is 44.1. The molecule has 0 unspecified atom stereocenters. The van der Waals surface area contributed by atoms with Crippen LogP contribution in [0.1, 0.15) is 12.8 Å². The van der Waals surface area contributed by atoms with Gasteiger partial charge in [-0.25, -0.2) is 9.48 Å². The van der Waals surface area contributed by atoms with Crippen molar-refractivity contribution < 1.29 is 27.5 Å². The summed E-state index contributed by atoms with van der Waals surface area (Å²) >= 11 is 6.17. The van der Waals surface area contributed by atoms with Gasteiger partial charge >= 0.3 is 12.1 Å². The second kappa shape index (κ2) is 7.55. The number of alkyl halides is 3. The zero-order valence-corrected chi connectivity index (χ0v) is 14.2. The molecule has 0 aliphatic carbocycles. The van der Waals surface area contributed by atoms with Gasteiger partial charge in [-0.3, -0.25) is 0 Å². The van der Waals surface area contributed by atoms with E-state index in [-0.39, 0.29) is 19.2 Å². The van der Waals surface area contributed by atoms with E-state index >= 15 is 0 Å². The molecule has 140 valence electrons. The summed E-state index contributed by atoms with van der Waals surface area (Å²) in [5.41, 5.74) is 0.658. The van der Waals surface area contributed by atoms with Crippen LogP contribution < -0.4 is 4.74 Å². The summed E-state index contributed by atoms with van der Waals surface area (Å²) in [6, 6.07) is 6.91. The van der Waals surface area contributed by atoms with E-state index in [4.69, 9.17) is 16.3 Å². The molecule has 26 heavy (non-hydrogen) atoms. The van der Waals surface area contributed by atoms with E-state index < -0.39 is 12.1 Å².